The van der Waals surface area contributed by atoms with E-state index in [4.69, 9.17) is 5.73 Å². The van der Waals surface area contributed by atoms with Crippen molar-refractivity contribution in [3.8, 4) is 0 Å². The molecule has 0 saturated carbocycles. The third-order valence-corrected chi connectivity index (χ3v) is 6.03. The Morgan fingerprint density at radius 3 is 2.00 bits per heavy atom. The Labute approximate surface area is 116 Å². The highest BCUT2D eigenvalue weighted by molar-refractivity contribution is 7.92. The van der Waals surface area contributed by atoms with Gasteiger partial charge in [0.2, 0.25) is 0 Å². The van der Waals surface area contributed by atoms with Crippen molar-refractivity contribution < 1.29 is 18.3 Å². The fraction of sp³-hybridized carbons (Fsp3) is 0.923. The Bertz CT molecular complexity index is 409. The molecule has 0 heterocycles. The summed E-state index contributed by atoms with van der Waals surface area (Å²) < 4.78 is 23.3. The number of nitrogens with two attached hydrogens (primary N) is 1. The quantitative estimate of drug-likeness (QED) is 0.744. The van der Waals surface area contributed by atoms with Gasteiger partial charge in [-0.2, -0.15) is 0 Å². The van der Waals surface area contributed by atoms with E-state index in [1.807, 2.05) is 13.8 Å². The van der Waals surface area contributed by atoms with Crippen molar-refractivity contribution in [1.82, 2.24) is 0 Å². The zero-order chi connectivity index (χ0) is 15.5. The molecule has 0 aromatic rings. The van der Waals surface area contributed by atoms with Crippen molar-refractivity contribution in [1.29, 1.82) is 0 Å². The van der Waals surface area contributed by atoms with E-state index in [0.717, 1.165) is 0 Å². The Balaban J connectivity index is 5.12. The zero-order valence-corrected chi connectivity index (χ0v) is 13.4. The summed E-state index contributed by atoms with van der Waals surface area (Å²) in [4.78, 5) is 11.5. The number of sulfone groups is 1. The molecule has 3 N–H and O–H groups in total. The van der Waals surface area contributed by atoms with Gasteiger partial charge in [-0.1, -0.05) is 13.8 Å². The molecular formula is C13H27NO4S. The molecule has 0 rings (SSSR count). The van der Waals surface area contributed by atoms with E-state index >= 15 is 0 Å². The van der Waals surface area contributed by atoms with Gasteiger partial charge in [-0.15, -0.1) is 0 Å². The van der Waals surface area contributed by atoms with Gasteiger partial charge in [0.15, 0.2) is 9.84 Å². The van der Waals surface area contributed by atoms with E-state index in [-0.39, 0.29) is 24.6 Å². The van der Waals surface area contributed by atoms with Crippen LogP contribution in [0.4, 0.5) is 0 Å². The molecule has 1 atom stereocenters. The number of hydrogen-bond acceptors (Lipinski definition) is 4. The monoisotopic (exact) mass is 293 g/mol. The second-order valence-corrected chi connectivity index (χ2v) is 9.43. The van der Waals surface area contributed by atoms with E-state index in [1.165, 1.54) is 0 Å². The van der Waals surface area contributed by atoms with Gasteiger partial charge >= 0.3 is 5.97 Å². The molecule has 0 radical (unpaired) electrons. The third-order valence-electron chi connectivity index (χ3n) is 3.43. The molecule has 0 aliphatic carbocycles. The van der Waals surface area contributed by atoms with Gasteiger partial charge in [-0.25, -0.2) is 8.42 Å². The molecule has 1 unspecified atom stereocenters. The molecule has 0 saturated heterocycles. The SMILES string of the molecule is CC(C)CC(CN)(CCS(=O)(=O)C(C)(C)C)C(=O)O. The van der Waals surface area contributed by atoms with Crippen molar-refractivity contribution in [2.24, 2.45) is 17.1 Å². The van der Waals surface area contributed by atoms with E-state index in [0.29, 0.717) is 6.42 Å². The van der Waals surface area contributed by atoms with Gasteiger partial charge in [-0.05, 0) is 39.5 Å². The lowest BCUT2D eigenvalue weighted by Crippen LogP contribution is -2.43. The Hall–Kier alpha value is -0.620. The van der Waals surface area contributed by atoms with E-state index in [2.05, 4.69) is 0 Å². The summed E-state index contributed by atoms with van der Waals surface area (Å²) in [5.74, 6) is -1.00. The lowest BCUT2D eigenvalue weighted by atomic mass is 9.78. The van der Waals surface area contributed by atoms with Gasteiger partial charge in [0.05, 0.1) is 15.9 Å². The van der Waals surface area contributed by atoms with Crippen LogP contribution < -0.4 is 5.73 Å². The van der Waals surface area contributed by atoms with Crippen LogP contribution in [0.15, 0.2) is 0 Å². The average Bonchev–Trinajstić information content (AvgIpc) is 2.21. The van der Waals surface area contributed by atoms with Crippen molar-refractivity contribution >= 4 is 15.8 Å². The number of rotatable bonds is 7. The highest BCUT2D eigenvalue weighted by Gasteiger charge is 2.40. The van der Waals surface area contributed by atoms with Crippen molar-refractivity contribution in [3.05, 3.63) is 0 Å². The predicted molar refractivity (Wildman–Crippen MR) is 76.7 cm³/mol. The van der Waals surface area contributed by atoms with Crippen LogP contribution in [0.25, 0.3) is 0 Å². The van der Waals surface area contributed by atoms with E-state index in [1.54, 1.807) is 20.8 Å². The molecule has 0 spiro atoms. The predicted octanol–water partition coefficient (Wildman–Crippen LogP) is 1.67. The normalized spacial score (nSPS) is 16.4. The molecule has 0 bridgehead atoms. The number of hydrogen-bond donors (Lipinski definition) is 2. The van der Waals surface area contributed by atoms with E-state index < -0.39 is 26.0 Å². The Morgan fingerprint density at radius 1 is 1.26 bits per heavy atom. The molecule has 19 heavy (non-hydrogen) atoms. The standard InChI is InChI=1S/C13H27NO4S/c1-10(2)8-13(9-14,11(15)16)6-7-19(17,18)12(3,4)5/h10H,6-9,14H2,1-5H3,(H,15,16). The molecule has 5 nitrogen and oxygen atoms in total. The lowest BCUT2D eigenvalue weighted by Gasteiger charge is -2.31. The first-order valence-electron chi connectivity index (χ1n) is 6.54. The molecule has 0 fully saturated rings. The van der Waals surface area contributed by atoms with Crippen molar-refractivity contribution in [2.75, 3.05) is 12.3 Å². The highest BCUT2D eigenvalue weighted by atomic mass is 32.2. The van der Waals surface area contributed by atoms with Crippen molar-refractivity contribution in [3.63, 3.8) is 0 Å². The molecule has 0 aliphatic rings. The largest absolute Gasteiger partial charge is 0.481 e. The van der Waals surface area contributed by atoms with Crippen LogP contribution in [0.2, 0.25) is 0 Å². The minimum absolute atomic E-state index is 0.0415. The molecule has 6 heteroatoms. The molecular weight excluding hydrogens is 266 g/mol. The minimum atomic E-state index is -3.33. The van der Waals surface area contributed by atoms with E-state index in [9.17, 15) is 18.3 Å². The summed E-state index contributed by atoms with van der Waals surface area (Å²) in [5.41, 5.74) is 4.47. The smallest absolute Gasteiger partial charge is 0.310 e. The molecule has 114 valence electrons. The summed E-state index contributed by atoms with van der Waals surface area (Å²) in [7, 11) is -3.33. The van der Waals surface area contributed by atoms with Crippen LogP contribution >= 0.6 is 0 Å². The average molecular weight is 293 g/mol. The number of carboxylic acids is 1. The summed E-state index contributed by atoms with van der Waals surface area (Å²) in [6, 6.07) is 0. The highest BCUT2D eigenvalue weighted by Crippen LogP contribution is 2.32. The topological polar surface area (TPSA) is 97.5 Å². The second-order valence-electron chi connectivity index (χ2n) is 6.57. The molecule has 0 aliphatic heterocycles. The Morgan fingerprint density at radius 2 is 1.74 bits per heavy atom. The third kappa shape index (κ3) is 4.76. The maximum absolute atomic E-state index is 12.1. The second kappa shape index (κ2) is 6.22. The zero-order valence-electron chi connectivity index (χ0n) is 12.6. The van der Waals surface area contributed by atoms with Crippen LogP contribution in [-0.2, 0) is 14.6 Å². The van der Waals surface area contributed by atoms with Crippen LogP contribution in [0.1, 0.15) is 47.5 Å². The first-order valence-corrected chi connectivity index (χ1v) is 8.19. The van der Waals surface area contributed by atoms with Crippen molar-refractivity contribution in [2.45, 2.75) is 52.2 Å². The summed E-state index contributed by atoms with van der Waals surface area (Å²) in [6.07, 6.45) is 0.453. The maximum atomic E-state index is 12.1. The maximum Gasteiger partial charge on any atom is 0.310 e. The molecule has 0 aromatic heterocycles. The fourth-order valence-electron chi connectivity index (χ4n) is 1.99. The van der Waals surface area contributed by atoms with Gasteiger partial charge in [0, 0.05) is 6.54 Å². The number of carbonyl (C=O) groups is 1. The first-order chi connectivity index (χ1) is 8.38. The summed E-state index contributed by atoms with van der Waals surface area (Å²) >= 11 is 0. The van der Waals surface area contributed by atoms with Gasteiger partial charge < -0.3 is 10.8 Å². The molecule has 0 amide bonds. The Kier molecular flexibility index (Phi) is 6.02. The van der Waals surface area contributed by atoms with Gasteiger partial charge in [0.1, 0.15) is 0 Å². The summed E-state index contributed by atoms with van der Waals surface area (Å²) in [5, 5.41) is 9.40. The van der Waals surface area contributed by atoms with Gasteiger partial charge in [0.25, 0.3) is 0 Å². The van der Waals surface area contributed by atoms with Crippen LogP contribution in [0.5, 0.6) is 0 Å². The number of carboxylic acid groups (broad SMARTS) is 1. The van der Waals surface area contributed by atoms with Crippen LogP contribution in [0.3, 0.4) is 0 Å². The fourth-order valence-corrected chi connectivity index (χ4v) is 3.26. The summed E-state index contributed by atoms with van der Waals surface area (Å²) in [6.45, 7) is 8.64. The van der Waals surface area contributed by atoms with Gasteiger partial charge in [-0.3, -0.25) is 4.79 Å². The van der Waals surface area contributed by atoms with Crippen LogP contribution in [0, 0.1) is 11.3 Å². The minimum Gasteiger partial charge on any atom is -0.481 e. The molecule has 0 aromatic carbocycles. The van der Waals surface area contributed by atoms with Crippen LogP contribution in [-0.4, -0.2) is 36.5 Å². The first kappa shape index (κ1) is 18.4. The number of aliphatic carboxylic acids is 1. The lowest BCUT2D eigenvalue weighted by molar-refractivity contribution is -0.149.